The van der Waals surface area contributed by atoms with Crippen molar-refractivity contribution in [1.82, 2.24) is 25.5 Å². The van der Waals surface area contributed by atoms with Crippen molar-refractivity contribution in [2.24, 2.45) is 5.41 Å². The lowest BCUT2D eigenvalue weighted by molar-refractivity contribution is 0.171. The van der Waals surface area contributed by atoms with Gasteiger partial charge in [-0.3, -0.25) is 0 Å². The van der Waals surface area contributed by atoms with E-state index >= 15 is 0 Å². The van der Waals surface area contributed by atoms with Crippen molar-refractivity contribution >= 4 is 0 Å². The molecule has 96 valence electrons. The van der Waals surface area contributed by atoms with Gasteiger partial charge in [-0.25, -0.2) is 4.68 Å². The van der Waals surface area contributed by atoms with Crippen LogP contribution in [0.2, 0.25) is 0 Å². The van der Waals surface area contributed by atoms with E-state index in [9.17, 15) is 0 Å². The smallest absolute Gasteiger partial charge is 0.167 e. The molecule has 0 amide bonds. The molecular formula is C12H23N5. The highest BCUT2D eigenvalue weighted by Gasteiger charge is 2.29. The van der Waals surface area contributed by atoms with E-state index in [4.69, 9.17) is 0 Å². The van der Waals surface area contributed by atoms with Gasteiger partial charge in [0, 0.05) is 0 Å². The molecule has 1 unspecified atom stereocenters. The zero-order valence-electron chi connectivity index (χ0n) is 11.1. The molecule has 1 saturated carbocycles. The van der Waals surface area contributed by atoms with Crippen LogP contribution in [0, 0.1) is 5.41 Å². The first kappa shape index (κ1) is 12.5. The Morgan fingerprint density at radius 1 is 1.35 bits per heavy atom. The summed E-state index contributed by atoms with van der Waals surface area (Å²) < 4.78 is 1.98. The average Bonchev–Trinajstić information content (AvgIpc) is 2.76. The summed E-state index contributed by atoms with van der Waals surface area (Å²) in [5.41, 5.74) is 0.371. The van der Waals surface area contributed by atoms with Crippen LogP contribution in [0.1, 0.15) is 57.8 Å². The van der Waals surface area contributed by atoms with Gasteiger partial charge in [-0.15, -0.1) is 5.10 Å². The number of rotatable bonds is 4. The van der Waals surface area contributed by atoms with E-state index in [1.54, 1.807) is 0 Å². The van der Waals surface area contributed by atoms with E-state index in [2.05, 4.69) is 34.7 Å². The number of aromatic nitrogens is 4. The number of hydrogen-bond acceptors (Lipinski definition) is 4. The van der Waals surface area contributed by atoms with Gasteiger partial charge in [0.2, 0.25) is 0 Å². The summed E-state index contributed by atoms with van der Waals surface area (Å²) in [6.45, 7) is 5.40. The Balaban J connectivity index is 2.10. The van der Waals surface area contributed by atoms with Crippen LogP contribution in [0.4, 0.5) is 0 Å². The molecule has 1 aromatic rings. The Labute approximate surface area is 103 Å². The molecule has 0 spiro atoms. The fraction of sp³-hybridized carbons (Fsp3) is 0.917. The molecule has 5 nitrogen and oxygen atoms in total. The van der Waals surface area contributed by atoms with Gasteiger partial charge >= 0.3 is 0 Å². The molecule has 2 rings (SSSR count). The minimum atomic E-state index is 0.206. The molecular weight excluding hydrogens is 214 g/mol. The van der Waals surface area contributed by atoms with Crippen molar-refractivity contribution < 1.29 is 0 Å². The van der Waals surface area contributed by atoms with E-state index < -0.39 is 0 Å². The predicted molar refractivity (Wildman–Crippen MR) is 66.5 cm³/mol. The van der Waals surface area contributed by atoms with Crippen molar-refractivity contribution in [2.75, 3.05) is 7.05 Å². The molecule has 1 aliphatic rings. The second-order valence-corrected chi connectivity index (χ2v) is 5.58. The lowest BCUT2D eigenvalue weighted by atomic mass is 9.76. The summed E-state index contributed by atoms with van der Waals surface area (Å²) in [7, 11) is 1.94. The lowest BCUT2D eigenvalue weighted by Crippen LogP contribution is -2.29. The third kappa shape index (κ3) is 2.83. The van der Waals surface area contributed by atoms with Gasteiger partial charge in [-0.05, 0) is 42.7 Å². The van der Waals surface area contributed by atoms with Crippen LogP contribution in [0.3, 0.4) is 0 Å². The van der Waals surface area contributed by atoms with Crippen LogP contribution < -0.4 is 5.32 Å². The van der Waals surface area contributed by atoms with Gasteiger partial charge in [0.15, 0.2) is 5.82 Å². The van der Waals surface area contributed by atoms with E-state index in [1.165, 1.54) is 32.1 Å². The fourth-order valence-corrected chi connectivity index (χ4v) is 2.69. The second-order valence-electron chi connectivity index (χ2n) is 5.58. The lowest BCUT2D eigenvalue weighted by Gasteiger charge is -2.33. The van der Waals surface area contributed by atoms with Crippen LogP contribution in [0.15, 0.2) is 0 Å². The van der Waals surface area contributed by atoms with Crippen LogP contribution >= 0.6 is 0 Å². The highest BCUT2D eigenvalue weighted by Crippen LogP contribution is 2.37. The largest absolute Gasteiger partial charge is 0.311 e. The molecule has 0 aliphatic heterocycles. The van der Waals surface area contributed by atoms with Crippen molar-refractivity contribution in [1.29, 1.82) is 0 Å². The normalized spacial score (nSPS) is 21.4. The topological polar surface area (TPSA) is 55.6 Å². The quantitative estimate of drug-likeness (QED) is 0.869. The van der Waals surface area contributed by atoms with Crippen LogP contribution in [0.25, 0.3) is 0 Å². The highest BCUT2D eigenvalue weighted by molar-refractivity contribution is 4.91. The molecule has 0 aromatic carbocycles. The Kier molecular flexibility index (Phi) is 3.76. The van der Waals surface area contributed by atoms with Crippen molar-refractivity contribution in [3.63, 3.8) is 0 Å². The molecule has 1 heterocycles. The summed E-state index contributed by atoms with van der Waals surface area (Å²) in [6.07, 6.45) is 6.65. The molecule has 1 fully saturated rings. The van der Waals surface area contributed by atoms with Crippen LogP contribution in [0.5, 0.6) is 0 Å². The van der Waals surface area contributed by atoms with E-state index in [-0.39, 0.29) is 6.04 Å². The van der Waals surface area contributed by atoms with E-state index in [0.29, 0.717) is 5.41 Å². The average molecular weight is 237 g/mol. The summed E-state index contributed by atoms with van der Waals surface area (Å²) in [4.78, 5) is 0. The fourth-order valence-electron chi connectivity index (χ4n) is 2.69. The monoisotopic (exact) mass is 237 g/mol. The minimum absolute atomic E-state index is 0.206. The van der Waals surface area contributed by atoms with Gasteiger partial charge in [0.05, 0.1) is 12.6 Å². The standard InChI is InChI=1S/C12H23N5/c1-10(13-3)11-14-15-16-17(11)9-12(2)7-5-4-6-8-12/h10,13H,4-9H2,1-3H3. The van der Waals surface area contributed by atoms with Crippen LogP contribution in [-0.4, -0.2) is 27.3 Å². The van der Waals surface area contributed by atoms with Gasteiger partial charge in [-0.2, -0.15) is 0 Å². The SMILES string of the molecule is CNC(C)c1nnnn1CC1(C)CCCCC1. The summed E-state index contributed by atoms with van der Waals surface area (Å²) in [6, 6.07) is 0.206. The van der Waals surface area contributed by atoms with Gasteiger partial charge in [-0.1, -0.05) is 26.2 Å². The number of tetrazole rings is 1. The Morgan fingerprint density at radius 2 is 2.06 bits per heavy atom. The highest BCUT2D eigenvalue weighted by atomic mass is 15.5. The number of hydrogen-bond donors (Lipinski definition) is 1. The first-order valence-electron chi connectivity index (χ1n) is 6.58. The molecule has 1 N–H and O–H groups in total. The molecule has 1 aromatic heterocycles. The summed E-state index contributed by atoms with van der Waals surface area (Å²) >= 11 is 0. The summed E-state index contributed by atoms with van der Waals surface area (Å²) in [5, 5.41) is 15.3. The maximum Gasteiger partial charge on any atom is 0.167 e. The van der Waals surface area contributed by atoms with Crippen molar-refractivity contribution in [3.8, 4) is 0 Å². The van der Waals surface area contributed by atoms with Crippen molar-refractivity contribution in [3.05, 3.63) is 5.82 Å². The molecule has 0 radical (unpaired) electrons. The van der Waals surface area contributed by atoms with E-state index in [0.717, 1.165) is 12.4 Å². The predicted octanol–water partition coefficient (Wildman–Crippen LogP) is 1.92. The Hall–Kier alpha value is -0.970. The first-order valence-corrected chi connectivity index (χ1v) is 6.58. The molecule has 0 saturated heterocycles. The third-order valence-corrected chi connectivity index (χ3v) is 3.97. The second kappa shape index (κ2) is 5.12. The molecule has 0 bridgehead atoms. The molecule has 1 atom stereocenters. The van der Waals surface area contributed by atoms with Gasteiger partial charge in [0.25, 0.3) is 0 Å². The number of nitrogens with one attached hydrogen (secondary N) is 1. The first-order chi connectivity index (χ1) is 8.14. The zero-order chi connectivity index (χ0) is 12.3. The third-order valence-electron chi connectivity index (χ3n) is 3.97. The van der Waals surface area contributed by atoms with Crippen LogP contribution in [-0.2, 0) is 6.54 Å². The molecule has 5 heteroatoms. The zero-order valence-corrected chi connectivity index (χ0v) is 11.1. The minimum Gasteiger partial charge on any atom is -0.311 e. The Morgan fingerprint density at radius 3 is 2.71 bits per heavy atom. The Bertz CT molecular complexity index is 354. The summed E-state index contributed by atoms with van der Waals surface area (Å²) in [5.74, 6) is 0.944. The molecule has 17 heavy (non-hydrogen) atoms. The van der Waals surface area contributed by atoms with E-state index in [1.807, 2.05) is 11.7 Å². The maximum atomic E-state index is 4.14. The molecule has 1 aliphatic carbocycles. The van der Waals surface area contributed by atoms with Crippen molar-refractivity contribution in [2.45, 2.75) is 58.5 Å². The maximum absolute atomic E-state index is 4.14. The number of nitrogens with zero attached hydrogens (tertiary/aromatic N) is 4. The van der Waals surface area contributed by atoms with Gasteiger partial charge < -0.3 is 5.32 Å². The van der Waals surface area contributed by atoms with Gasteiger partial charge in [0.1, 0.15) is 0 Å².